The van der Waals surface area contributed by atoms with E-state index < -0.39 is 5.97 Å². The molecule has 98 valence electrons. The summed E-state index contributed by atoms with van der Waals surface area (Å²) in [5.74, 6) is -0.727. The predicted molar refractivity (Wildman–Crippen MR) is 68.4 cm³/mol. The first-order chi connectivity index (χ1) is 8.41. The second kappa shape index (κ2) is 6.14. The highest BCUT2D eigenvalue weighted by Crippen LogP contribution is 2.15. The first kappa shape index (κ1) is 14.2. The Balaban J connectivity index is 2.96. The van der Waals surface area contributed by atoms with Gasteiger partial charge in [-0.15, -0.1) is 0 Å². The molecule has 0 bridgehead atoms. The molecule has 1 rings (SSSR count). The molecule has 0 aliphatic heterocycles. The molecule has 0 atom stereocenters. The maximum Gasteiger partial charge on any atom is 0.305 e. The molecule has 5 nitrogen and oxygen atoms in total. The molecule has 1 aromatic rings. The highest BCUT2D eigenvalue weighted by molar-refractivity contribution is 5.94. The highest BCUT2D eigenvalue weighted by Gasteiger charge is 2.20. The summed E-state index contributed by atoms with van der Waals surface area (Å²) in [7, 11) is 0. The smallest absolute Gasteiger partial charge is 0.305 e. The van der Waals surface area contributed by atoms with E-state index in [2.05, 4.69) is 4.98 Å². The number of pyridine rings is 1. The van der Waals surface area contributed by atoms with Crippen molar-refractivity contribution in [1.82, 2.24) is 4.98 Å². The van der Waals surface area contributed by atoms with E-state index in [1.165, 1.54) is 4.90 Å². The fraction of sp³-hybridized carbons (Fsp3) is 0.462. The van der Waals surface area contributed by atoms with Crippen LogP contribution in [0.1, 0.15) is 25.8 Å². The molecule has 0 saturated carbocycles. The van der Waals surface area contributed by atoms with Gasteiger partial charge in [-0.2, -0.15) is 0 Å². The average molecular weight is 250 g/mol. The lowest BCUT2D eigenvalue weighted by Gasteiger charge is -2.23. The minimum atomic E-state index is -0.927. The standard InChI is InChI=1S/C13H18N2O3/c1-9(2)13(18)15(7-5-12(16)17)11-8-10(3)4-6-14-11/h4,6,8-9H,5,7H2,1-3H3,(H,16,17). The molecule has 5 heteroatoms. The van der Waals surface area contributed by atoms with Crippen molar-refractivity contribution in [2.45, 2.75) is 27.2 Å². The van der Waals surface area contributed by atoms with Gasteiger partial charge < -0.3 is 5.11 Å². The molecule has 0 radical (unpaired) electrons. The second-order valence-corrected chi connectivity index (χ2v) is 4.48. The number of anilines is 1. The zero-order valence-corrected chi connectivity index (χ0v) is 10.9. The van der Waals surface area contributed by atoms with Crippen molar-refractivity contribution in [3.05, 3.63) is 23.9 Å². The lowest BCUT2D eigenvalue weighted by molar-refractivity contribution is -0.136. The normalized spacial score (nSPS) is 10.4. The van der Waals surface area contributed by atoms with Crippen molar-refractivity contribution < 1.29 is 14.7 Å². The third kappa shape index (κ3) is 3.84. The molecular weight excluding hydrogens is 232 g/mol. The number of hydrogen-bond acceptors (Lipinski definition) is 3. The molecule has 0 aromatic carbocycles. The van der Waals surface area contributed by atoms with E-state index in [1.54, 1.807) is 26.1 Å². The van der Waals surface area contributed by atoms with Gasteiger partial charge in [0.05, 0.1) is 6.42 Å². The van der Waals surface area contributed by atoms with Gasteiger partial charge in [0.1, 0.15) is 5.82 Å². The van der Waals surface area contributed by atoms with Gasteiger partial charge in [0.2, 0.25) is 5.91 Å². The largest absolute Gasteiger partial charge is 0.481 e. The van der Waals surface area contributed by atoms with Crippen LogP contribution >= 0.6 is 0 Å². The van der Waals surface area contributed by atoms with E-state index in [0.717, 1.165) is 5.56 Å². The van der Waals surface area contributed by atoms with E-state index in [0.29, 0.717) is 5.82 Å². The minimum absolute atomic E-state index is 0.0892. The van der Waals surface area contributed by atoms with Crippen LogP contribution in [0.3, 0.4) is 0 Å². The zero-order valence-electron chi connectivity index (χ0n) is 10.9. The summed E-state index contributed by atoms with van der Waals surface area (Å²) in [5.41, 5.74) is 0.983. The van der Waals surface area contributed by atoms with E-state index in [1.807, 2.05) is 13.0 Å². The molecule has 18 heavy (non-hydrogen) atoms. The fourth-order valence-corrected chi connectivity index (χ4v) is 1.52. The van der Waals surface area contributed by atoms with Gasteiger partial charge in [-0.3, -0.25) is 14.5 Å². The zero-order chi connectivity index (χ0) is 13.7. The first-order valence-corrected chi connectivity index (χ1v) is 5.87. The number of carbonyl (C=O) groups excluding carboxylic acids is 1. The number of rotatable bonds is 5. The summed E-state index contributed by atoms with van der Waals surface area (Å²) in [6.07, 6.45) is 1.53. The number of aliphatic carboxylic acids is 1. The minimum Gasteiger partial charge on any atom is -0.481 e. The maximum atomic E-state index is 12.1. The molecule has 0 aliphatic carbocycles. The van der Waals surface area contributed by atoms with Crippen molar-refractivity contribution in [3.8, 4) is 0 Å². The molecule has 0 aliphatic rings. The van der Waals surface area contributed by atoms with E-state index in [-0.39, 0.29) is 24.8 Å². The van der Waals surface area contributed by atoms with Crippen molar-refractivity contribution in [2.24, 2.45) is 5.92 Å². The number of aromatic nitrogens is 1. The van der Waals surface area contributed by atoms with Crippen molar-refractivity contribution in [3.63, 3.8) is 0 Å². The quantitative estimate of drug-likeness (QED) is 0.865. The molecule has 1 heterocycles. The Kier molecular flexibility index (Phi) is 4.83. The topological polar surface area (TPSA) is 70.5 Å². The number of carbonyl (C=O) groups is 2. The summed E-state index contributed by atoms with van der Waals surface area (Å²) < 4.78 is 0. The Morgan fingerprint density at radius 3 is 2.61 bits per heavy atom. The maximum absolute atomic E-state index is 12.1. The van der Waals surface area contributed by atoms with Crippen LogP contribution in [-0.4, -0.2) is 28.5 Å². The van der Waals surface area contributed by atoms with Crippen LogP contribution < -0.4 is 4.90 Å². The van der Waals surface area contributed by atoms with Crippen LogP contribution in [0.4, 0.5) is 5.82 Å². The highest BCUT2D eigenvalue weighted by atomic mass is 16.4. The van der Waals surface area contributed by atoms with Crippen molar-refractivity contribution >= 4 is 17.7 Å². The monoisotopic (exact) mass is 250 g/mol. The average Bonchev–Trinajstić information content (AvgIpc) is 2.28. The predicted octanol–water partition coefficient (Wildman–Crippen LogP) is 1.85. The Morgan fingerprint density at radius 2 is 2.11 bits per heavy atom. The summed E-state index contributed by atoms with van der Waals surface area (Å²) in [5, 5.41) is 8.73. The number of hydrogen-bond donors (Lipinski definition) is 1. The van der Waals surface area contributed by atoms with Gasteiger partial charge in [-0.05, 0) is 24.6 Å². The Morgan fingerprint density at radius 1 is 1.44 bits per heavy atom. The molecule has 0 fully saturated rings. The van der Waals surface area contributed by atoms with Crippen LogP contribution in [0.15, 0.2) is 18.3 Å². The van der Waals surface area contributed by atoms with Gasteiger partial charge in [-0.1, -0.05) is 13.8 Å². The van der Waals surface area contributed by atoms with Crippen LogP contribution in [0, 0.1) is 12.8 Å². The molecule has 0 spiro atoms. The Bertz CT molecular complexity index is 444. The van der Waals surface area contributed by atoms with Crippen LogP contribution in [0.2, 0.25) is 0 Å². The number of carboxylic acid groups (broad SMARTS) is 1. The van der Waals surface area contributed by atoms with Gasteiger partial charge in [0, 0.05) is 18.7 Å². The van der Waals surface area contributed by atoms with Gasteiger partial charge in [-0.25, -0.2) is 4.98 Å². The van der Waals surface area contributed by atoms with Gasteiger partial charge >= 0.3 is 5.97 Å². The number of aryl methyl sites for hydroxylation is 1. The summed E-state index contributed by atoms with van der Waals surface area (Å²) in [4.78, 5) is 28.3. The van der Waals surface area contributed by atoms with E-state index in [9.17, 15) is 9.59 Å². The van der Waals surface area contributed by atoms with Crippen LogP contribution in [0.25, 0.3) is 0 Å². The SMILES string of the molecule is Cc1ccnc(N(CCC(=O)O)C(=O)C(C)C)c1. The molecular formula is C13H18N2O3. The van der Waals surface area contributed by atoms with Crippen LogP contribution in [-0.2, 0) is 9.59 Å². The van der Waals surface area contributed by atoms with Gasteiger partial charge in [0.15, 0.2) is 0 Å². The second-order valence-electron chi connectivity index (χ2n) is 4.48. The number of nitrogens with zero attached hydrogens (tertiary/aromatic N) is 2. The lowest BCUT2D eigenvalue weighted by atomic mass is 10.1. The molecule has 0 unspecified atom stereocenters. The molecule has 1 N–H and O–H groups in total. The third-order valence-electron chi connectivity index (χ3n) is 2.49. The van der Waals surface area contributed by atoms with E-state index >= 15 is 0 Å². The first-order valence-electron chi connectivity index (χ1n) is 5.87. The molecule has 1 aromatic heterocycles. The molecule has 1 amide bonds. The Hall–Kier alpha value is -1.91. The summed E-state index contributed by atoms with van der Waals surface area (Å²) in [6.45, 7) is 5.61. The van der Waals surface area contributed by atoms with Crippen LogP contribution in [0.5, 0.6) is 0 Å². The lowest BCUT2D eigenvalue weighted by Crippen LogP contribution is -2.36. The number of amides is 1. The van der Waals surface area contributed by atoms with E-state index in [4.69, 9.17) is 5.11 Å². The fourth-order valence-electron chi connectivity index (χ4n) is 1.52. The third-order valence-corrected chi connectivity index (χ3v) is 2.49. The Labute approximate surface area is 106 Å². The van der Waals surface area contributed by atoms with Crippen molar-refractivity contribution in [2.75, 3.05) is 11.4 Å². The number of carboxylic acids is 1. The molecule has 0 saturated heterocycles. The summed E-state index contributed by atoms with van der Waals surface area (Å²) in [6, 6.07) is 3.61. The van der Waals surface area contributed by atoms with Crippen molar-refractivity contribution in [1.29, 1.82) is 0 Å². The summed E-state index contributed by atoms with van der Waals surface area (Å²) >= 11 is 0. The van der Waals surface area contributed by atoms with Gasteiger partial charge in [0.25, 0.3) is 0 Å².